The molecule has 1 aromatic rings. The van der Waals surface area contributed by atoms with E-state index in [0.717, 1.165) is 17.0 Å². The van der Waals surface area contributed by atoms with Crippen LogP contribution in [0.1, 0.15) is 49.8 Å². The molecule has 0 radical (unpaired) electrons. The molecule has 4 nitrogen and oxygen atoms in total. The van der Waals surface area contributed by atoms with E-state index in [1.807, 2.05) is 20.8 Å². The standard InChI is InChI=1S/C10H18N2O2S/c1-4-5-14-6-8(13)10-9(7(2)3)11-12-15-10/h7-8,13H,4-6H2,1-3H3. The molecular weight excluding hydrogens is 212 g/mol. The average Bonchev–Trinajstić information content (AvgIpc) is 2.66. The van der Waals surface area contributed by atoms with Crippen LogP contribution in [0.4, 0.5) is 0 Å². The maximum Gasteiger partial charge on any atom is 0.115 e. The number of aromatic nitrogens is 2. The Labute approximate surface area is 94.4 Å². The lowest BCUT2D eigenvalue weighted by Gasteiger charge is -2.11. The number of hydrogen-bond donors (Lipinski definition) is 1. The smallest absolute Gasteiger partial charge is 0.115 e. The van der Waals surface area contributed by atoms with Crippen molar-refractivity contribution in [3.63, 3.8) is 0 Å². The van der Waals surface area contributed by atoms with Crippen molar-refractivity contribution < 1.29 is 9.84 Å². The SMILES string of the molecule is CCCOCC(O)c1snnc1C(C)C. The largest absolute Gasteiger partial charge is 0.385 e. The van der Waals surface area contributed by atoms with E-state index in [0.29, 0.717) is 19.1 Å². The normalized spacial score (nSPS) is 13.4. The van der Waals surface area contributed by atoms with E-state index in [-0.39, 0.29) is 0 Å². The zero-order valence-corrected chi connectivity index (χ0v) is 10.3. The Bertz CT molecular complexity index is 289. The van der Waals surface area contributed by atoms with E-state index in [2.05, 4.69) is 9.59 Å². The molecule has 1 heterocycles. The molecule has 15 heavy (non-hydrogen) atoms. The Morgan fingerprint density at radius 3 is 2.80 bits per heavy atom. The molecule has 0 aliphatic heterocycles. The van der Waals surface area contributed by atoms with Crippen LogP contribution in [0.25, 0.3) is 0 Å². The van der Waals surface area contributed by atoms with E-state index < -0.39 is 6.10 Å². The summed E-state index contributed by atoms with van der Waals surface area (Å²) in [6.07, 6.45) is 0.374. The second-order valence-electron chi connectivity index (χ2n) is 3.77. The first-order chi connectivity index (χ1) is 7.16. The molecule has 0 spiro atoms. The van der Waals surface area contributed by atoms with Gasteiger partial charge >= 0.3 is 0 Å². The molecule has 1 unspecified atom stereocenters. The van der Waals surface area contributed by atoms with Crippen LogP contribution in [0.5, 0.6) is 0 Å². The molecule has 0 fully saturated rings. The zero-order chi connectivity index (χ0) is 11.3. The number of aliphatic hydroxyl groups excluding tert-OH is 1. The molecule has 0 aliphatic rings. The molecule has 1 rings (SSSR count). The summed E-state index contributed by atoms with van der Waals surface area (Å²) in [5.74, 6) is 0.291. The van der Waals surface area contributed by atoms with Gasteiger partial charge in [-0.15, -0.1) is 5.10 Å². The summed E-state index contributed by atoms with van der Waals surface area (Å²) in [4.78, 5) is 0.834. The summed E-state index contributed by atoms with van der Waals surface area (Å²) in [7, 11) is 0. The van der Waals surface area contributed by atoms with Gasteiger partial charge in [-0.3, -0.25) is 0 Å². The maximum atomic E-state index is 9.87. The molecule has 0 aliphatic carbocycles. The minimum Gasteiger partial charge on any atom is -0.385 e. The summed E-state index contributed by atoms with van der Waals surface area (Å²) >= 11 is 1.25. The van der Waals surface area contributed by atoms with Crippen LogP contribution < -0.4 is 0 Å². The van der Waals surface area contributed by atoms with Crippen molar-refractivity contribution in [3.8, 4) is 0 Å². The molecule has 86 valence electrons. The highest BCUT2D eigenvalue weighted by Gasteiger charge is 2.18. The highest BCUT2D eigenvalue weighted by molar-refractivity contribution is 7.05. The Kier molecular flexibility index (Phi) is 5.14. The molecule has 5 heteroatoms. The van der Waals surface area contributed by atoms with Gasteiger partial charge in [0.1, 0.15) is 6.10 Å². The van der Waals surface area contributed by atoms with Crippen molar-refractivity contribution in [1.29, 1.82) is 0 Å². The summed E-state index contributed by atoms with van der Waals surface area (Å²) in [5.41, 5.74) is 0.882. The number of rotatable bonds is 6. The maximum absolute atomic E-state index is 9.87. The van der Waals surface area contributed by atoms with Gasteiger partial charge in [-0.1, -0.05) is 25.3 Å². The van der Waals surface area contributed by atoms with Crippen molar-refractivity contribution in [2.45, 2.75) is 39.2 Å². The van der Waals surface area contributed by atoms with Crippen molar-refractivity contribution in [3.05, 3.63) is 10.6 Å². The van der Waals surface area contributed by atoms with Crippen LogP contribution >= 0.6 is 11.5 Å². The summed E-state index contributed by atoms with van der Waals surface area (Å²) in [6, 6.07) is 0. The van der Waals surface area contributed by atoms with Gasteiger partial charge in [0.05, 0.1) is 17.2 Å². The molecule has 0 bridgehead atoms. The average molecular weight is 230 g/mol. The molecule has 0 saturated heterocycles. The third-order valence-electron chi connectivity index (χ3n) is 2.01. The van der Waals surface area contributed by atoms with Crippen LogP contribution in [-0.4, -0.2) is 27.9 Å². The van der Waals surface area contributed by atoms with Gasteiger partial charge in [0.25, 0.3) is 0 Å². The van der Waals surface area contributed by atoms with Crippen molar-refractivity contribution in [2.75, 3.05) is 13.2 Å². The number of hydrogen-bond acceptors (Lipinski definition) is 5. The van der Waals surface area contributed by atoms with Crippen LogP contribution in [-0.2, 0) is 4.74 Å². The lowest BCUT2D eigenvalue weighted by molar-refractivity contribution is 0.0375. The lowest BCUT2D eigenvalue weighted by Crippen LogP contribution is -2.09. The first-order valence-corrected chi connectivity index (χ1v) is 6.02. The van der Waals surface area contributed by atoms with E-state index >= 15 is 0 Å². The van der Waals surface area contributed by atoms with Crippen LogP contribution in [0.3, 0.4) is 0 Å². The fourth-order valence-corrected chi connectivity index (χ4v) is 2.03. The second kappa shape index (κ2) is 6.15. The Hall–Kier alpha value is -0.520. The van der Waals surface area contributed by atoms with E-state index in [1.54, 1.807) is 0 Å². The van der Waals surface area contributed by atoms with Gasteiger partial charge in [-0.25, -0.2) is 0 Å². The van der Waals surface area contributed by atoms with Crippen LogP contribution in [0.2, 0.25) is 0 Å². The van der Waals surface area contributed by atoms with Gasteiger partial charge in [-0.05, 0) is 23.9 Å². The molecule has 1 N–H and O–H groups in total. The highest BCUT2D eigenvalue weighted by Crippen LogP contribution is 2.26. The van der Waals surface area contributed by atoms with E-state index in [1.165, 1.54) is 11.5 Å². The van der Waals surface area contributed by atoms with E-state index in [4.69, 9.17) is 4.74 Å². The Balaban J connectivity index is 2.56. The van der Waals surface area contributed by atoms with Crippen molar-refractivity contribution in [1.82, 2.24) is 9.59 Å². The fraction of sp³-hybridized carbons (Fsp3) is 0.800. The minimum absolute atomic E-state index is 0.291. The van der Waals surface area contributed by atoms with Gasteiger partial charge in [0.15, 0.2) is 0 Å². The predicted molar refractivity (Wildman–Crippen MR) is 60.1 cm³/mol. The third-order valence-corrected chi connectivity index (χ3v) is 2.86. The number of aliphatic hydroxyl groups is 1. The first kappa shape index (κ1) is 12.5. The monoisotopic (exact) mass is 230 g/mol. The fourth-order valence-electron chi connectivity index (χ4n) is 1.25. The van der Waals surface area contributed by atoms with E-state index in [9.17, 15) is 5.11 Å². The molecule has 0 amide bonds. The molecular formula is C10H18N2O2S. The van der Waals surface area contributed by atoms with Gasteiger partial charge in [-0.2, -0.15) is 0 Å². The van der Waals surface area contributed by atoms with Crippen LogP contribution in [0, 0.1) is 0 Å². The quantitative estimate of drug-likeness (QED) is 0.761. The van der Waals surface area contributed by atoms with Gasteiger partial charge < -0.3 is 9.84 Å². The Morgan fingerprint density at radius 2 is 2.20 bits per heavy atom. The topological polar surface area (TPSA) is 55.2 Å². The van der Waals surface area contributed by atoms with Gasteiger partial charge in [0, 0.05) is 6.61 Å². The lowest BCUT2D eigenvalue weighted by atomic mass is 10.1. The third kappa shape index (κ3) is 3.52. The predicted octanol–water partition coefficient (Wildman–Crippen LogP) is 2.12. The summed E-state index contributed by atoms with van der Waals surface area (Å²) < 4.78 is 9.17. The van der Waals surface area contributed by atoms with Crippen molar-refractivity contribution >= 4 is 11.5 Å². The highest BCUT2D eigenvalue weighted by atomic mass is 32.1. The van der Waals surface area contributed by atoms with Crippen molar-refractivity contribution in [2.24, 2.45) is 0 Å². The molecule has 1 atom stereocenters. The van der Waals surface area contributed by atoms with Crippen LogP contribution in [0.15, 0.2) is 0 Å². The number of ether oxygens (including phenoxy) is 1. The molecule has 0 saturated carbocycles. The molecule has 1 aromatic heterocycles. The zero-order valence-electron chi connectivity index (χ0n) is 9.43. The number of nitrogens with zero attached hydrogens (tertiary/aromatic N) is 2. The minimum atomic E-state index is -0.589. The summed E-state index contributed by atoms with van der Waals surface area (Å²) in [6.45, 7) is 7.14. The summed E-state index contributed by atoms with van der Waals surface area (Å²) in [5, 5.41) is 13.9. The molecule has 0 aromatic carbocycles. The second-order valence-corrected chi connectivity index (χ2v) is 4.55. The first-order valence-electron chi connectivity index (χ1n) is 5.24. The Morgan fingerprint density at radius 1 is 1.47 bits per heavy atom. The van der Waals surface area contributed by atoms with Gasteiger partial charge in [0.2, 0.25) is 0 Å².